The molecule has 2 rings (SSSR count). The average Bonchev–Trinajstić information content (AvgIpc) is 2.80. The van der Waals surface area contributed by atoms with Crippen molar-refractivity contribution in [1.29, 1.82) is 0 Å². The highest BCUT2D eigenvalue weighted by atomic mass is 127. The van der Waals surface area contributed by atoms with Gasteiger partial charge >= 0.3 is 0 Å². The van der Waals surface area contributed by atoms with Crippen LogP contribution in [-0.2, 0) is 20.0 Å². The molecule has 1 aromatic heterocycles. The number of hydrogen-bond acceptors (Lipinski definition) is 2. The van der Waals surface area contributed by atoms with Crippen molar-refractivity contribution in [3.8, 4) is 0 Å². The molecule has 0 spiro atoms. The number of halogens is 2. The Morgan fingerprint density at radius 3 is 2.54 bits per heavy atom. The molecular formula is C19H29FIN5. The Labute approximate surface area is 172 Å². The molecule has 0 fully saturated rings. The van der Waals surface area contributed by atoms with E-state index in [1.165, 1.54) is 17.3 Å². The smallest absolute Gasteiger partial charge is 0.191 e. The zero-order chi connectivity index (χ0) is 18.6. The minimum absolute atomic E-state index is 0. The Morgan fingerprint density at radius 2 is 2.00 bits per heavy atom. The third-order valence-corrected chi connectivity index (χ3v) is 4.46. The van der Waals surface area contributed by atoms with Gasteiger partial charge in [0.15, 0.2) is 5.96 Å². The molecule has 0 aliphatic carbocycles. The molecule has 7 heteroatoms. The molecule has 2 aromatic rings. The third-order valence-electron chi connectivity index (χ3n) is 4.46. The number of nitrogens with zero attached hydrogens (tertiary/aromatic N) is 3. The molecule has 0 saturated heterocycles. The predicted molar refractivity (Wildman–Crippen MR) is 116 cm³/mol. The van der Waals surface area contributed by atoms with E-state index >= 15 is 0 Å². The van der Waals surface area contributed by atoms with Gasteiger partial charge in [0.1, 0.15) is 5.82 Å². The molecule has 0 aliphatic heterocycles. The van der Waals surface area contributed by atoms with Crippen molar-refractivity contribution in [2.75, 3.05) is 7.05 Å². The van der Waals surface area contributed by atoms with Crippen LogP contribution in [-0.4, -0.2) is 28.8 Å². The number of guanidine groups is 1. The zero-order valence-electron chi connectivity index (χ0n) is 16.4. The molecule has 1 unspecified atom stereocenters. The predicted octanol–water partition coefficient (Wildman–Crippen LogP) is 3.40. The zero-order valence-corrected chi connectivity index (χ0v) is 18.7. The first kappa shape index (κ1) is 22.4. The van der Waals surface area contributed by atoms with Crippen molar-refractivity contribution in [3.05, 3.63) is 52.1 Å². The Balaban J connectivity index is 0.00000338. The molecule has 1 atom stereocenters. The SMILES string of the molecule is CN=C(NCc1ccc(F)c(C)c1)NC(C)Cc1c(C)nn(C)c1C.I. The van der Waals surface area contributed by atoms with Crippen LogP contribution in [0.5, 0.6) is 0 Å². The third kappa shape index (κ3) is 5.69. The molecule has 26 heavy (non-hydrogen) atoms. The molecule has 1 heterocycles. The van der Waals surface area contributed by atoms with Crippen molar-refractivity contribution >= 4 is 29.9 Å². The van der Waals surface area contributed by atoms with Gasteiger partial charge in [-0.15, -0.1) is 24.0 Å². The first-order valence-corrected chi connectivity index (χ1v) is 8.53. The number of aryl methyl sites for hydroxylation is 3. The van der Waals surface area contributed by atoms with Crippen molar-refractivity contribution in [3.63, 3.8) is 0 Å². The molecular weight excluding hydrogens is 444 g/mol. The minimum atomic E-state index is -0.179. The van der Waals surface area contributed by atoms with E-state index in [9.17, 15) is 4.39 Å². The van der Waals surface area contributed by atoms with Gasteiger partial charge in [0.2, 0.25) is 0 Å². The van der Waals surface area contributed by atoms with E-state index in [0.717, 1.165) is 23.6 Å². The van der Waals surface area contributed by atoms with Gasteiger partial charge in [0.25, 0.3) is 0 Å². The molecule has 0 radical (unpaired) electrons. The number of benzene rings is 1. The van der Waals surface area contributed by atoms with E-state index in [0.29, 0.717) is 12.1 Å². The Kier molecular flexibility index (Phi) is 8.52. The summed E-state index contributed by atoms with van der Waals surface area (Å²) in [5, 5.41) is 11.1. The number of hydrogen-bond donors (Lipinski definition) is 2. The van der Waals surface area contributed by atoms with E-state index in [2.05, 4.69) is 34.6 Å². The molecule has 2 N–H and O–H groups in total. The maximum Gasteiger partial charge on any atom is 0.191 e. The maximum atomic E-state index is 13.3. The van der Waals surface area contributed by atoms with Crippen LogP contribution in [0, 0.1) is 26.6 Å². The van der Waals surface area contributed by atoms with Crippen LogP contribution in [0.15, 0.2) is 23.2 Å². The summed E-state index contributed by atoms with van der Waals surface area (Å²) in [6.07, 6.45) is 0.877. The summed E-state index contributed by atoms with van der Waals surface area (Å²) >= 11 is 0. The average molecular weight is 473 g/mol. The molecule has 5 nitrogen and oxygen atoms in total. The van der Waals surface area contributed by atoms with Crippen LogP contribution in [0.1, 0.15) is 35.0 Å². The van der Waals surface area contributed by atoms with Gasteiger partial charge in [-0.1, -0.05) is 12.1 Å². The molecule has 0 saturated carbocycles. The lowest BCUT2D eigenvalue weighted by Gasteiger charge is -2.18. The van der Waals surface area contributed by atoms with Gasteiger partial charge in [-0.05, 0) is 56.9 Å². The minimum Gasteiger partial charge on any atom is -0.354 e. The highest BCUT2D eigenvalue weighted by molar-refractivity contribution is 14.0. The fourth-order valence-corrected chi connectivity index (χ4v) is 2.90. The number of aliphatic imine (C=N–C) groups is 1. The fraction of sp³-hybridized carbons (Fsp3) is 0.474. The van der Waals surface area contributed by atoms with Crippen LogP contribution in [0.3, 0.4) is 0 Å². The van der Waals surface area contributed by atoms with Gasteiger partial charge in [0.05, 0.1) is 5.69 Å². The lowest BCUT2D eigenvalue weighted by molar-refractivity contribution is 0.616. The molecule has 0 amide bonds. The van der Waals surface area contributed by atoms with Crippen LogP contribution in [0.4, 0.5) is 4.39 Å². The fourth-order valence-electron chi connectivity index (χ4n) is 2.90. The van der Waals surface area contributed by atoms with E-state index < -0.39 is 0 Å². The van der Waals surface area contributed by atoms with E-state index in [1.807, 2.05) is 24.7 Å². The number of rotatable bonds is 5. The Morgan fingerprint density at radius 1 is 1.31 bits per heavy atom. The van der Waals surface area contributed by atoms with Gasteiger partial charge < -0.3 is 10.6 Å². The van der Waals surface area contributed by atoms with Crippen LogP contribution in [0.25, 0.3) is 0 Å². The highest BCUT2D eigenvalue weighted by Gasteiger charge is 2.14. The highest BCUT2D eigenvalue weighted by Crippen LogP contribution is 2.14. The summed E-state index contributed by atoms with van der Waals surface area (Å²) < 4.78 is 15.3. The summed E-state index contributed by atoms with van der Waals surface area (Å²) in [6.45, 7) is 8.62. The quantitative estimate of drug-likeness (QED) is 0.398. The number of nitrogens with one attached hydrogen (secondary N) is 2. The summed E-state index contributed by atoms with van der Waals surface area (Å²) in [6, 6.07) is 5.34. The largest absolute Gasteiger partial charge is 0.354 e. The molecule has 144 valence electrons. The summed E-state index contributed by atoms with van der Waals surface area (Å²) in [7, 11) is 3.72. The van der Waals surface area contributed by atoms with E-state index in [1.54, 1.807) is 20.0 Å². The lowest BCUT2D eigenvalue weighted by Crippen LogP contribution is -2.42. The van der Waals surface area contributed by atoms with Crippen molar-refractivity contribution in [2.24, 2.45) is 12.0 Å². The second kappa shape index (κ2) is 9.89. The van der Waals surface area contributed by atoms with E-state index in [-0.39, 0.29) is 35.8 Å². The van der Waals surface area contributed by atoms with Crippen molar-refractivity contribution in [1.82, 2.24) is 20.4 Å². The molecule has 0 aliphatic rings. The maximum absolute atomic E-state index is 13.3. The Bertz CT molecular complexity index is 770. The number of aromatic nitrogens is 2. The monoisotopic (exact) mass is 473 g/mol. The summed E-state index contributed by atoms with van der Waals surface area (Å²) in [4.78, 5) is 4.27. The van der Waals surface area contributed by atoms with Crippen molar-refractivity contribution < 1.29 is 4.39 Å². The lowest BCUT2D eigenvalue weighted by atomic mass is 10.1. The normalized spacial score (nSPS) is 12.5. The van der Waals surface area contributed by atoms with Crippen molar-refractivity contribution in [2.45, 2.75) is 46.7 Å². The van der Waals surface area contributed by atoms with Gasteiger partial charge in [-0.2, -0.15) is 5.10 Å². The van der Waals surface area contributed by atoms with Crippen LogP contribution >= 0.6 is 24.0 Å². The first-order chi connectivity index (χ1) is 11.8. The second-order valence-electron chi connectivity index (χ2n) is 6.53. The van der Waals surface area contributed by atoms with Gasteiger partial charge in [-0.25, -0.2) is 4.39 Å². The molecule has 0 bridgehead atoms. The van der Waals surface area contributed by atoms with E-state index in [4.69, 9.17) is 0 Å². The molecule has 1 aromatic carbocycles. The summed E-state index contributed by atoms with van der Waals surface area (Å²) in [5.74, 6) is 0.552. The van der Waals surface area contributed by atoms with Crippen LogP contribution in [0.2, 0.25) is 0 Å². The van der Waals surface area contributed by atoms with Gasteiger partial charge in [0, 0.05) is 32.4 Å². The Hall–Kier alpha value is -1.64. The van der Waals surface area contributed by atoms with Gasteiger partial charge in [-0.3, -0.25) is 9.67 Å². The topological polar surface area (TPSA) is 54.2 Å². The first-order valence-electron chi connectivity index (χ1n) is 8.53. The standard InChI is InChI=1S/C19H28FN5.HI/c1-12-9-16(7-8-18(12)20)11-22-19(21-5)23-13(2)10-17-14(3)24-25(6)15(17)4;/h7-9,13H,10-11H2,1-6H3,(H2,21,22,23);1H. The summed E-state index contributed by atoms with van der Waals surface area (Å²) in [5.41, 5.74) is 5.20. The second-order valence-corrected chi connectivity index (χ2v) is 6.53. The van der Waals surface area contributed by atoms with Crippen LogP contribution < -0.4 is 10.6 Å².